The third kappa shape index (κ3) is 5.57. The van der Waals surface area contributed by atoms with Gasteiger partial charge in [-0.3, -0.25) is 9.78 Å². The Bertz CT molecular complexity index is 1260. The molecule has 4 rings (SSSR count). The molecule has 1 amide bonds. The minimum atomic E-state index is -0.496. The zero-order valence-electron chi connectivity index (χ0n) is 20.2. The van der Waals surface area contributed by atoms with Crippen LogP contribution in [-0.4, -0.2) is 23.5 Å². The summed E-state index contributed by atoms with van der Waals surface area (Å²) in [5.74, 6) is -0.856. The number of rotatable bonds is 9. The van der Waals surface area contributed by atoms with Crippen molar-refractivity contribution < 1.29 is 14.3 Å². The molecule has 1 heterocycles. The number of para-hydroxylation sites is 1. The molecule has 3 aromatic carbocycles. The first-order chi connectivity index (χ1) is 17.1. The molecule has 0 spiro atoms. The summed E-state index contributed by atoms with van der Waals surface area (Å²) in [4.78, 5) is 31.0. The number of ether oxygens (including phenoxy) is 1. The molecule has 0 aliphatic heterocycles. The average molecular weight is 467 g/mol. The van der Waals surface area contributed by atoms with Gasteiger partial charge in [-0.2, -0.15) is 0 Å². The van der Waals surface area contributed by atoms with E-state index in [-0.39, 0.29) is 18.6 Å². The first-order valence-corrected chi connectivity index (χ1v) is 12.1. The maximum Gasteiger partial charge on any atom is 0.339 e. The Labute approximate surface area is 206 Å². The summed E-state index contributed by atoms with van der Waals surface area (Å²) in [5.41, 5.74) is 4.99. The van der Waals surface area contributed by atoms with Crippen molar-refractivity contribution in [2.75, 3.05) is 6.61 Å². The second kappa shape index (κ2) is 11.4. The number of aryl methyl sites for hydroxylation is 1. The van der Waals surface area contributed by atoms with Gasteiger partial charge in [-0.15, -0.1) is 0 Å². The van der Waals surface area contributed by atoms with Gasteiger partial charge >= 0.3 is 5.97 Å². The van der Waals surface area contributed by atoms with Crippen LogP contribution >= 0.6 is 0 Å². The van der Waals surface area contributed by atoms with Crippen LogP contribution in [0.4, 0.5) is 0 Å². The molecule has 4 aromatic rings. The molecule has 0 radical (unpaired) electrons. The highest BCUT2D eigenvalue weighted by atomic mass is 16.5. The van der Waals surface area contributed by atoms with E-state index >= 15 is 0 Å². The van der Waals surface area contributed by atoms with E-state index in [1.807, 2.05) is 91.9 Å². The molecule has 1 aromatic heterocycles. The van der Waals surface area contributed by atoms with Gasteiger partial charge in [0.1, 0.15) is 0 Å². The molecule has 0 fully saturated rings. The van der Waals surface area contributed by atoms with Crippen molar-refractivity contribution in [1.82, 2.24) is 10.3 Å². The third-order valence-electron chi connectivity index (χ3n) is 6.03. The van der Waals surface area contributed by atoms with Crippen LogP contribution < -0.4 is 5.32 Å². The second-order valence-corrected chi connectivity index (χ2v) is 8.43. The highest BCUT2D eigenvalue weighted by molar-refractivity contribution is 6.05. The summed E-state index contributed by atoms with van der Waals surface area (Å²) in [6.07, 6.45) is 2.37. The number of pyridine rings is 1. The number of fused-ring (bicyclic) bond motifs is 1. The fourth-order valence-corrected chi connectivity index (χ4v) is 4.42. The molecule has 5 nitrogen and oxygen atoms in total. The zero-order valence-corrected chi connectivity index (χ0v) is 20.2. The van der Waals surface area contributed by atoms with Crippen LogP contribution in [0.5, 0.6) is 0 Å². The number of hydrogen-bond acceptors (Lipinski definition) is 4. The van der Waals surface area contributed by atoms with Gasteiger partial charge in [0.2, 0.25) is 0 Å². The fourth-order valence-electron chi connectivity index (χ4n) is 4.42. The first-order valence-electron chi connectivity index (χ1n) is 12.1. The van der Waals surface area contributed by atoms with E-state index in [0.29, 0.717) is 12.0 Å². The average Bonchev–Trinajstić information content (AvgIpc) is 2.90. The topological polar surface area (TPSA) is 68.3 Å². The number of aromatic nitrogens is 1. The molecule has 35 heavy (non-hydrogen) atoms. The monoisotopic (exact) mass is 466 g/mol. The third-order valence-corrected chi connectivity index (χ3v) is 6.03. The molecule has 178 valence electrons. The Morgan fingerprint density at radius 3 is 2.06 bits per heavy atom. The molecule has 0 saturated carbocycles. The van der Waals surface area contributed by atoms with Crippen molar-refractivity contribution >= 4 is 22.8 Å². The number of carbonyl (C=O) groups excluding carboxylic acids is 2. The minimum Gasteiger partial charge on any atom is -0.452 e. The maximum absolute atomic E-state index is 13.3. The molecule has 0 unspecified atom stereocenters. The number of esters is 1. The molecular weight excluding hydrogens is 436 g/mol. The van der Waals surface area contributed by atoms with Gasteiger partial charge in [0, 0.05) is 11.1 Å². The van der Waals surface area contributed by atoms with Crippen molar-refractivity contribution in [2.24, 2.45) is 0 Å². The van der Waals surface area contributed by atoms with E-state index in [9.17, 15) is 9.59 Å². The van der Waals surface area contributed by atoms with Gasteiger partial charge in [0.05, 0.1) is 17.1 Å². The van der Waals surface area contributed by atoms with Gasteiger partial charge < -0.3 is 10.1 Å². The van der Waals surface area contributed by atoms with Crippen LogP contribution in [0.25, 0.3) is 10.9 Å². The fraction of sp³-hybridized carbons (Fsp3) is 0.233. The Hall–Kier alpha value is -3.99. The molecule has 0 atom stereocenters. The normalized spacial score (nSPS) is 10.9. The van der Waals surface area contributed by atoms with Crippen LogP contribution in [0.2, 0.25) is 0 Å². The molecule has 0 aliphatic rings. The molecule has 0 saturated heterocycles. The van der Waals surface area contributed by atoms with E-state index in [1.54, 1.807) is 0 Å². The molecule has 5 heteroatoms. The summed E-state index contributed by atoms with van der Waals surface area (Å²) in [5, 5.41) is 3.78. The van der Waals surface area contributed by atoms with Crippen LogP contribution in [0.15, 0.2) is 84.9 Å². The summed E-state index contributed by atoms with van der Waals surface area (Å²) < 4.78 is 5.57. The number of amides is 1. The Balaban J connectivity index is 1.56. The number of hydrogen-bond donors (Lipinski definition) is 1. The molecule has 0 aliphatic carbocycles. The van der Waals surface area contributed by atoms with Crippen molar-refractivity contribution in [2.45, 2.75) is 39.2 Å². The van der Waals surface area contributed by atoms with E-state index in [0.717, 1.165) is 46.1 Å². The standard InChI is InChI=1S/C30H30N2O3/c1-3-13-25-23(4-2)28(24-18-11-12-19-26(24)31-25)30(34)35-20-27(33)32-29(21-14-7-5-8-15-21)22-16-9-6-10-17-22/h5-12,14-19,29H,3-4,13,20H2,1-2H3,(H,32,33). The minimum absolute atomic E-state index is 0.340. The summed E-state index contributed by atoms with van der Waals surface area (Å²) in [6, 6.07) is 26.7. The van der Waals surface area contributed by atoms with Gasteiger partial charge in [0.15, 0.2) is 6.61 Å². The lowest BCUT2D eigenvalue weighted by Crippen LogP contribution is -2.33. The number of benzene rings is 3. The van der Waals surface area contributed by atoms with Crippen molar-refractivity contribution in [3.63, 3.8) is 0 Å². The van der Waals surface area contributed by atoms with E-state index in [1.165, 1.54) is 0 Å². The quantitative estimate of drug-likeness (QED) is 0.316. The van der Waals surface area contributed by atoms with E-state index in [2.05, 4.69) is 12.2 Å². The SMILES string of the molecule is CCCc1nc2ccccc2c(C(=O)OCC(=O)NC(c2ccccc2)c2ccccc2)c1CC. The summed E-state index contributed by atoms with van der Waals surface area (Å²) >= 11 is 0. The summed E-state index contributed by atoms with van der Waals surface area (Å²) in [6.45, 7) is 3.74. The Kier molecular flexibility index (Phi) is 7.88. The highest BCUT2D eigenvalue weighted by Gasteiger charge is 2.22. The van der Waals surface area contributed by atoms with Crippen LogP contribution in [0.1, 0.15) is 59.1 Å². The maximum atomic E-state index is 13.3. The lowest BCUT2D eigenvalue weighted by atomic mass is 9.96. The van der Waals surface area contributed by atoms with Gasteiger partial charge in [-0.25, -0.2) is 4.79 Å². The van der Waals surface area contributed by atoms with E-state index in [4.69, 9.17) is 9.72 Å². The highest BCUT2D eigenvalue weighted by Crippen LogP contribution is 2.26. The smallest absolute Gasteiger partial charge is 0.339 e. The summed E-state index contributed by atoms with van der Waals surface area (Å²) in [7, 11) is 0. The van der Waals surface area contributed by atoms with Gasteiger partial charge in [-0.1, -0.05) is 99.1 Å². The van der Waals surface area contributed by atoms with Gasteiger partial charge in [-0.05, 0) is 35.6 Å². The molecule has 0 bridgehead atoms. The van der Waals surface area contributed by atoms with Crippen molar-refractivity contribution in [3.05, 3.63) is 113 Å². The lowest BCUT2D eigenvalue weighted by Gasteiger charge is -2.20. The largest absolute Gasteiger partial charge is 0.452 e. The predicted molar refractivity (Wildman–Crippen MR) is 138 cm³/mol. The van der Waals surface area contributed by atoms with Crippen LogP contribution in [0, 0.1) is 0 Å². The molecule has 1 N–H and O–H groups in total. The van der Waals surface area contributed by atoms with E-state index < -0.39 is 5.97 Å². The number of carbonyl (C=O) groups is 2. The van der Waals surface area contributed by atoms with Crippen molar-refractivity contribution in [3.8, 4) is 0 Å². The Morgan fingerprint density at radius 1 is 0.857 bits per heavy atom. The zero-order chi connectivity index (χ0) is 24.6. The van der Waals surface area contributed by atoms with Crippen LogP contribution in [0.3, 0.4) is 0 Å². The predicted octanol–water partition coefficient (Wildman–Crippen LogP) is 5.81. The van der Waals surface area contributed by atoms with Gasteiger partial charge in [0.25, 0.3) is 5.91 Å². The van der Waals surface area contributed by atoms with Crippen LogP contribution in [-0.2, 0) is 22.4 Å². The first kappa shape index (κ1) is 24.1. The van der Waals surface area contributed by atoms with Crippen molar-refractivity contribution in [1.29, 1.82) is 0 Å². The number of nitrogens with one attached hydrogen (secondary N) is 1. The second-order valence-electron chi connectivity index (χ2n) is 8.43. The Morgan fingerprint density at radius 2 is 1.46 bits per heavy atom. The molecular formula is C30H30N2O3. The lowest BCUT2D eigenvalue weighted by molar-refractivity contribution is -0.124. The number of nitrogens with zero attached hydrogens (tertiary/aromatic N) is 1.